The third-order valence-corrected chi connectivity index (χ3v) is 2.73. The summed E-state index contributed by atoms with van der Waals surface area (Å²) in [5.74, 6) is 0. The molecule has 0 bridgehead atoms. The van der Waals surface area contributed by atoms with Crippen LogP contribution in [0.2, 0.25) is 0 Å². The minimum Gasteiger partial charge on any atom is -0.379 e. The maximum absolute atomic E-state index is 9.08. The third kappa shape index (κ3) is 25.6. The fraction of sp³-hybridized carbons (Fsp3) is 0.400. The number of aliphatic hydroxyl groups is 1. The van der Waals surface area contributed by atoms with E-state index in [4.69, 9.17) is 5.11 Å². The lowest BCUT2D eigenvalue weighted by molar-refractivity contribution is 0.138. The number of nitrogens with one attached hydrogen (secondary N) is 2. The van der Waals surface area contributed by atoms with E-state index < -0.39 is 6.23 Å². The fourth-order valence-corrected chi connectivity index (χ4v) is 1.43. The van der Waals surface area contributed by atoms with E-state index in [0.717, 1.165) is 25.8 Å². The molecule has 130 valence electrons. The van der Waals surface area contributed by atoms with Gasteiger partial charge in [-0.1, -0.05) is 73.9 Å². The van der Waals surface area contributed by atoms with Gasteiger partial charge < -0.3 is 10.4 Å². The van der Waals surface area contributed by atoms with Crippen LogP contribution in [0.3, 0.4) is 0 Å². The molecule has 0 heterocycles. The van der Waals surface area contributed by atoms with E-state index in [0.29, 0.717) is 0 Å². The van der Waals surface area contributed by atoms with Gasteiger partial charge in [0.2, 0.25) is 0 Å². The summed E-state index contributed by atoms with van der Waals surface area (Å²) in [6, 6.07) is 0. The van der Waals surface area contributed by atoms with Gasteiger partial charge in [0.05, 0.1) is 0 Å². The smallest absolute Gasteiger partial charge is 0.104 e. The highest BCUT2D eigenvalue weighted by atomic mass is 16.3. The van der Waals surface area contributed by atoms with Crippen LogP contribution in [0.5, 0.6) is 0 Å². The fourth-order valence-electron chi connectivity index (χ4n) is 1.43. The molecule has 1 unspecified atom stereocenters. The average Bonchev–Trinajstić information content (AvgIpc) is 2.57. The summed E-state index contributed by atoms with van der Waals surface area (Å²) in [6.07, 6.45) is 23.0. The van der Waals surface area contributed by atoms with Gasteiger partial charge >= 0.3 is 0 Å². The molecule has 0 rings (SSSR count). The minimum absolute atomic E-state index is 0.391. The van der Waals surface area contributed by atoms with E-state index in [-0.39, 0.29) is 0 Å². The quantitative estimate of drug-likeness (QED) is 0.291. The Bertz CT molecular complexity index is 368. The van der Waals surface area contributed by atoms with E-state index in [1.807, 2.05) is 43.5 Å². The Labute approximate surface area is 142 Å². The van der Waals surface area contributed by atoms with Gasteiger partial charge in [0.25, 0.3) is 0 Å². The Morgan fingerprint density at radius 2 is 1.43 bits per heavy atom. The number of unbranched alkanes of at least 4 members (excludes halogenated alkanes) is 1. The number of aliphatic hydroxyl groups excluding tert-OH is 1. The third-order valence-electron chi connectivity index (χ3n) is 2.73. The van der Waals surface area contributed by atoms with Crippen molar-refractivity contribution in [1.29, 1.82) is 0 Å². The van der Waals surface area contributed by atoms with Crippen LogP contribution in [0.15, 0.2) is 73.9 Å². The van der Waals surface area contributed by atoms with Crippen LogP contribution < -0.4 is 10.6 Å². The Morgan fingerprint density at radius 3 is 1.91 bits per heavy atom. The summed E-state index contributed by atoms with van der Waals surface area (Å²) in [5.41, 5.74) is 0. The first-order valence-electron chi connectivity index (χ1n) is 8.11. The molecule has 0 aliphatic heterocycles. The first kappa shape index (κ1) is 23.6. The molecular weight excluding hydrogens is 284 g/mol. The van der Waals surface area contributed by atoms with Crippen LogP contribution in [-0.4, -0.2) is 32.0 Å². The first-order chi connectivity index (χ1) is 11.2. The van der Waals surface area contributed by atoms with Crippen molar-refractivity contribution < 1.29 is 5.11 Å². The van der Waals surface area contributed by atoms with Crippen molar-refractivity contribution in [3.63, 3.8) is 0 Å². The van der Waals surface area contributed by atoms with E-state index in [9.17, 15) is 0 Å². The summed E-state index contributed by atoms with van der Waals surface area (Å²) in [4.78, 5) is 0. The monoisotopic (exact) mass is 318 g/mol. The highest BCUT2D eigenvalue weighted by Crippen LogP contribution is 1.94. The molecule has 0 amide bonds. The molecular formula is C20H34N2O. The van der Waals surface area contributed by atoms with Crippen LogP contribution in [0, 0.1) is 0 Å². The molecule has 0 fully saturated rings. The molecule has 23 heavy (non-hydrogen) atoms. The molecule has 0 aromatic rings. The SMILES string of the molecule is C=C/C=C\C=C\CCC(O)NC.C=C/C=C\C=C\CCCNC. The van der Waals surface area contributed by atoms with Gasteiger partial charge in [-0.2, -0.15) is 0 Å². The molecule has 0 aromatic heterocycles. The lowest BCUT2D eigenvalue weighted by atomic mass is 10.2. The lowest BCUT2D eigenvalue weighted by Gasteiger charge is -2.05. The maximum atomic E-state index is 9.08. The lowest BCUT2D eigenvalue weighted by Crippen LogP contribution is -2.23. The Kier molecular flexibility index (Phi) is 23.2. The van der Waals surface area contributed by atoms with E-state index in [1.54, 1.807) is 19.2 Å². The van der Waals surface area contributed by atoms with Gasteiger partial charge in [-0.3, -0.25) is 5.32 Å². The van der Waals surface area contributed by atoms with Crippen molar-refractivity contribution in [2.45, 2.75) is 31.9 Å². The predicted octanol–water partition coefficient (Wildman–Crippen LogP) is 3.89. The van der Waals surface area contributed by atoms with Crippen LogP contribution in [0.25, 0.3) is 0 Å². The van der Waals surface area contributed by atoms with E-state index >= 15 is 0 Å². The summed E-state index contributed by atoms with van der Waals surface area (Å²) in [7, 11) is 3.72. The molecule has 0 aliphatic rings. The van der Waals surface area contributed by atoms with Gasteiger partial charge in [-0.05, 0) is 46.3 Å². The molecule has 3 nitrogen and oxygen atoms in total. The standard InChI is InChI=1S/C10H17NO.C10H17N/c1-3-4-5-6-7-8-9-10(12)11-2;1-3-4-5-6-7-8-9-10-11-2/h3-7,10-12H,1,8-9H2,2H3;3-7,11H,1,8-10H2,2H3/b2*5-4-,7-6+. The van der Waals surface area contributed by atoms with Crippen LogP contribution >= 0.6 is 0 Å². The van der Waals surface area contributed by atoms with Crippen LogP contribution in [-0.2, 0) is 0 Å². The van der Waals surface area contributed by atoms with Gasteiger partial charge in [0.15, 0.2) is 0 Å². The molecule has 0 spiro atoms. The summed E-state index contributed by atoms with van der Waals surface area (Å²) >= 11 is 0. The van der Waals surface area contributed by atoms with E-state index in [2.05, 4.69) is 35.9 Å². The van der Waals surface area contributed by atoms with Crippen molar-refractivity contribution in [1.82, 2.24) is 10.6 Å². The molecule has 0 radical (unpaired) electrons. The Hall–Kier alpha value is -1.68. The zero-order valence-corrected chi connectivity index (χ0v) is 14.7. The number of rotatable bonds is 12. The number of allylic oxidation sites excluding steroid dienone is 10. The van der Waals surface area contributed by atoms with Gasteiger partial charge in [0.1, 0.15) is 6.23 Å². The van der Waals surface area contributed by atoms with Gasteiger partial charge in [-0.15, -0.1) is 0 Å². The molecule has 0 aromatic carbocycles. The van der Waals surface area contributed by atoms with Gasteiger partial charge in [-0.25, -0.2) is 0 Å². The largest absolute Gasteiger partial charge is 0.379 e. The normalized spacial score (nSPS) is 12.8. The second-order valence-electron chi connectivity index (χ2n) is 4.73. The average molecular weight is 319 g/mol. The molecule has 3 heteroatoms. The topological polar surface area (TPSA) is 44.3 Å². The summed E-state index contributed by atoms with van der Waals surface area (Å²) in [5, 5.41) is 14.9. The van der Waals surface area contributed by atoms with Crippen molar-refractivity contribution in [2.24, 2.45) is 0 Å². The number of hydrogen-bond donors (Lipinski definition) is 3. The molecule has 0 aliphatic carbocycles. The first-order valence-corrected chi connectivity index (χ1v) is 8.11. The highest BCUT2D eigenvalue weighted by molar-refractivity contribution is 5.09. The highest BCUT2D eigenvalue weighted by Gasteiger charge is 1.94. The van der Waals surface area contributed by atoms with Gasteiger partial charge in [0, 0.05) is 0 Å². The minimum atomic E-state index is -0.391. The molecule has 3 N–H and O–H groups in total. The zero-order chi connectivity index (χ0) is 17.6. The van der Waals surface area contributed by atoms with Crippen molar-refractivity contribution in [3.8, 4) is 0 Å². The Morgan fingerprint density at radius 1 is 0.870 bits per heavy atom. The van der Waals surface area contributed by atoms with Crippen molar-refractivity contribution in [2.75, 3.05) is 20.6 Å². The second-order valence-corrected chi connectivity index (χ2v) is 4.73. The second kappa shape index (κ2) is 22.6. The predicted molar refractivity (Wildman–Crippen MR) is 104 cm³/mol. The van der Waals surface area contributed by atoms with Crippen molar-refractivity contribution in [3.05, 3.63) is 73.9 Å². The summed E-state index contributed by atoms with van der Waals surface area (Å²) in [6.45, 7) is 8.22. The van der Waals surface area contributed by atoms with Crippen molar-refractivity contribution >= 4 is 0 Å². The Balaban J connectivity index is 0. The number of hydrogen-bond acceptors (Lipinski definition) is 3. The molecule has 0 saturated heterocycles. The summed E-state index contributed by atoms with van der Waals surface area (Å²) < 4.78 is 0. The molecule has 1 atom stereocenters. The van der Waals surface area contributed by atoms with Crippen LogP contribution in [0.1, 0.15) is 25.7 Å². The molecule has 0 saturated carbocycles. The maximum Gasteiger partial charge on any atom is 0.104 e. The van der Waals surface area contributed by atoms with E-state index in [1.165, 1.54) is 6.42 Å². The zero-order valence-electron chi connectivity index (χ0n) is 14.7. The van der Waals surface area contributed by atoms with Crippen LogP contribution in [0.4, 0.5) is 0 Å².